The van der Waals surface area contributed by atoms with Crippen molar-refractivity contribution in [3.05, 3.63) is 33.4 Å². The second kappa shape index (κ2) is 6.84. The number of carboxylic acids is 1. The molecule has 6 N–H and O–H groups in total. The summed E-state index contributed by atoms with van der Waals surface area (Å²) >= 11 is 0. The fraction of sp³-hybridized carbons (Fsp3) is 0.500. The van der Waals surface area contributed by atoms with E-state index < -0.39 is 94.4 Å². The van der Waals surface area contributed by atoms with Crippen LogP contribution in [0.5, 0.6) is 11.5 Å². The summed E-state index contributed by atoms with van der Waals surface area (Å²) < 4.78 is 11.1. The van der Waals surface area contributed by atoms with Crippen molar-refractivity contribution < 1.29 is 54.5 Å². The van der Waals surface area contributed by atoms with E-state index in [1.54, 1.807) is 0 Å². The van der Waals surface area contributed by atoms with Crippen LogP contribution in [0, 0.1) is 0 Å². The molecule has 11 nitrogen and oxygen atoms in total. The molecule has 0 unspecified atom stereocenters. The van der Waals surface area contributed by atoms with Crippen molar-refractivity contribution in [2.45, 2.75) is 68.9 Å². The number of carbonyl (C=O) groups is 3. The summed E-state index contributed by atoms with van der Waals surface area (Å²) in [4.78, 5) is 38.1. The molecule has 2 aliphatic carbocycles. The third-order valence-electron chi connectivity index (χ3n) is 7.18. The summed E-state index contributed by atoms with van der Waals surface area (Å²) in [6.45, 7) is 2.87. The lowest BCUT2D eigenvalue weighted by Crippen LogP contribution is -2.58. The molecule has 1 aromatic rings. The lowest BCUT2D eigenvalue weighted by molar-refractivity contribution is -0.246. The number of fused-ring (bicyclic) bond motifs is 3. The molecule has 1 fully saturated rings. The molecule has 1 aromatic carbocycles. The predicted molar refractivity (Wildman–Crippen MR) is 106 cm³/mol. The maximum Gasteiger partial charge on any atom is 0.306 e. The lowest BCUT2D eigenvalue weighted by atomic mass is 9.66. The molecule has 6 rings (SSSR count). The molecular weight excluding hydrogens is 440 g/mol. The fourth-order valence-electron chi connectivity index (χ4n) is 5.65. The standard InChI is InChI=1S/C22H22O11/c1-5-11-13(17(26)8(32-5)4-10(24)25)20(29)14-15(18(11)27)21(30)16-12(19(14)28)7-3-9(23)22(16,31)6(2)33-7/h5-9,17,23,26,28,30-31H,3-4H2,1-2H3,(H,24,25)/t5-,6+,7-,8-,9-,17+,22+/m0/s1. The Morgan fingerprint density at radius 2 is 1.64 bits per heavy atom. The third-order valence-corrected chi connectivity index (χ3v) is 7.18. The Kier molecular flexibility index (Phi) is 4.56. The summed E-state index contributed by atoms with van der Waals surface area (Å²) in [5.41, 5.74) is -4.34. The molecule has 7 atom stereocenters. The van der Waals surface area contributed by atoms with Crippen LogP contribution in [-0.2, 0) is 19.9 Å². The van der Waals surface area contributed by atoms with Crippen LogP contribution in [0.2, 0.25) is 0 Å². The Balaban J connectivity index is 1.76. The van der Waals surface area contributed by atoms with Gasteiger partial charge in [-0.05, 0) is 13.8 Å². The first-order valence-corrected chi connectivity index (χ1v) is 10.5. The molecule has 3 heterocycles. The highest BCUT2D eigenvalue weighted by Crippen LogP contribution is 2.59. The molecule has 176 valence electrons. The van der Waals surface area contributed by atoms with Crippen LogP contribution in [-0.4, -0.2) is 78.7 Å². The van der Waals surface area contributed by atoms with Crippen LogP contribution in [0.4, 0.5) is 0 Å². The lowest BCUT2D eigenvalue weighted by Gasteiger charge is -2.52. The van der Waals surface area contributed by atoms with E-state index in [0.29, 0.717) is 0 Å². The number of ketones is 2. The number of phenolic OH excluding ortho intramolecular Hbond substituents is 2. The number of phenols is 2. The number of rotatable bonds is 2. The van der Waals surface area contributed by atoms with Gasteiger partial charge >= 0.3 is 5.97 Å². The van der Waals surface area contributed by atoms with Crippen LogP contribution in [0.1, 0.15) is 64.6 Å². The summed E-state index contributed by atoms with van der Waals surface area (Å²) in [5, 5.41) is 63.7. The first-order chi connectivity index (χ1) is 15.4. The smallest absolute Gasteiger partial charge is 0.306 e. The monoisotopic (exact) mass is 462 g/mol. The SMILES string of the molecule is C[C@@H]1O[C@@H](CC(=O)O)[C@@H](O)C2=C1C(=O)c1c(O)c3c(c(O)c1C2=O)[C@@H]1C[C@H](O)[C@]3(O)[C@@H](C)O1. The van der Waals surface area contributed by atoms with E-state index in [1.807, 2.05) is 0 Å². The van der Waals surface area contributed by atoms with Crippen LogP contribution < -0.4 is 0 Å². The number of benzene rings is 1. The quantitative estimate of drug-likeness (QED) is 0.319. The highest BCUT2D eigenvalue weighted by atomic mass is 16.5. The fourth-order valence-corrected chi connectivity index (χ4v) is 5.65. The number of Topliss-reactive ketones (excluding diaryl/α,β-unsaturated/α-hetero) is 2. The zero-order valence-corrected chi connectivity index (χ0v) is 17.6. The van der Waals surface area contributed by atoms with E-state index in [0.717, 1.165) is 0 Å². The van der Waals surface area contributed by atoms with Gasteiger partial charge in [-0.1, -0.05) is 0 Å². The number of aliphatic hydroxyl groups is 3. The minimum Gasteiger partial charge on any atom is -0.507 e. The van der Waals surface area contributed by atoms with Gasteiger partial charge in [-0.2, -0.15) is 0 Å². The minimum atomic E-state index is -2.14. The normalized spacial score (nSPS) is 37.0. The molecule has 2 bridgehead atoms. The van der Waals surface area contributed by atoms with E-state index >= 15 is 0 Å². The van der Waals surface area contributed by atoms with Crippen molar-refractivity contribution in [2.24, 2.45) is 0 Å². The Labute approximate surface area is 186 Å². The van der Waals surface area contributed by atoms with Gasteiger partial charge in [0.1, 0.15) is 23.2 Å². The van der Waals surface area contributed by atoms with Crippen molar-refractivity contribution in [1.82, 2.24) is 0 Å². The Morgan fingerprint density at radius 3 is 2.24 bits per heavy atom. The highest BCUT2D eigenvalue weighted by Gasteiger charge is 2.60. The Hall–Kier alpha value is -2.83. The van der Waals surface area contributed by atoms with E-state index in [1.165, 1.54) is 13.8 Å². The number of ether oxygens (including phenoxy) is 2. The van der Waals surface area contributed by atoms with Crippen LogP contribution >= 0.6 is 0 Å². The maximum absolute atomic E-state index is 13.5. The largest absolute Gasteiger partial charge is 0.507 e. The first-order valence-electron chi connectivity index (χ1n) is 10.5. The van der Waals surface area contributed by atoms with Gasteiger partial charge in [0.15, 0.2) is 11.6 Å². The molecule has 33 heavy (non-hydrogen) atoms. The molecule has 3 aliphatic heterocycles. The summed E-state index contributed by atoms with van der Waals surface area (Å²) in [6.07, 6.45) is -8.22. The van der Waals surface area contributed by atoms with Gasteiger partial charge in [-0.15, -0.1) is 0 Å². The summed E-state index contributed by atoms with van der Waals surface area (Å²) in [6, 6.07) is 0. The second-order valence-electron chi connectivity index (χ2n) is 8.92. The van der Waals surface area contributed by atoms with Gasteiger partial charge < -0.3 is 40.1 Å². The van der Waals surface area contributed by atoms with Gasteiger partial charge in [0.05, 0.1) is 48.1 Å². The minimum absolute atomic E-state index is 0.112. The molecule has 5 aliphatic rings. The number of hydrogen-bond acceptors (Lipinski definition) is 10. The molecule has 11 heteroatoms. The van der Waals surface area contributed by atoms with Crippen molar-refractivity contribution in [3.8, 4) is 11.5 Å². The van der Waals surface area contributed by atoms with Crippen molar-refractivity contribution in [2.75, 3.05) is 0 Å². The zero-order valence-electron chi connectivity index (χ0n) is 17.6. The number of aliphatic carboxylic acids is 1. The molecular formula is C22H22O11. The average molecular weight is 462 g/mol. The van der Waals surface area contributed by atoms with Gasteiger partial charge in [-0.25, -0.2) is 0 Å². The number of hydrogen-bond donors (Lipinski definition) is 6. The van der Waals surface area contributed by atoms with Crippen molar-refractivity contribution >= 4 is 17.5 Å². The second-order valence-corrected chi connectivity index (χ2v) is 8.92. The van der Waals surface area contributed by atoms with Crippen LogP contribution in [0.15, 0.2) is 11.1 Å². The van der Waals surface area contributed by atoms with Crippen molar-refractivity contribution in [3.63, 3.8) is 0 Å². The van der Waals surface area contributed by atoms with E-state index in [9.17, 15) is 39.9 Å². The summed E-state index contributed by atoms with van der Waals surface area (Å²) in [7, 11) is 0. The maximum atomic E-state index is 13.5. The number of carboxylic acid groups (broad SMARTS) is 1. The number of carbonyl (C=O) groups excluding carboxylic acids is 2. The topological polar surface area (TPSA) is 191 Å². The third kappa shape index (κ3) is 2.59. The van der Waals surface area contributed by atoms with E-state index in [-0.39, 0.29) is 23.1 Å². The molecule has 0 saturated carbocycles. The molecule has 0 spiro atoms. The van der Waals surface area contributed by atoms with Gasteiger partial charge in [0.25, 0.3) is 0 Å². The molecule has 1 saturated heterocycles. The molecule has 0 radical (unpaired) electrons. The zero-order chi connectivity index (χ0) is 24.1. The van der Waals surface area contributed by atoms with E-state index in [4.69, 9.17) is 14.6 Å². The predicted octanol–water partition coefficient (Wildman–Crippen LogP) is -0.192. The summed E-state index contributed by atoms with van der Waals surface area (Å²) in [5.74, 6) is -4.63. The number of aliphatic hydroxyl groups excluding tert-OH is 2. The van der Waals surface area contributed by atoms with Gasteiger partial charge in [0.2, 0.25) is 0 Å². The number of aromatic hydroxyl groups is 2. The Bertz CT molecular complexity index is 1150. The molecule has 0 amide bonds. The van der Waals surface area contributed by atoms with Gasteiger partial charge in [0, 0.05) is 28.7 Å². The average Bonchev–Trinajstić information content (AvgIpc) is 2.72. The molecule has 0 aromatic heterocycles. The highest BCUT2D eigenvalue weighted by molar-refractivity contribution is 6.30. The first kappa shape index (κ1) is 22.0. The van der Waals surface area contributed by atoms with Crippen LogP contribution in [0.3, 0.4) is 0 Å². The van der Waals surface area contributed by atoms with Gasteiger partial charge in [-0.3, -0.25) is 14.4 Å². The van der Waals surface area contributed by atoms with Crippen LogP contribution in [0.25, 0.3) is 0 Å². The Morgan fingerprint density at radius 1 is 1.03 bits per heavy atom. The van der Waals surface area contributed by atoms with Crippen molar-refractivity contribution in [1.29, 1.82) is 0 Å². The van der Waals surface area contributed by atoms with E-state index in [2.05, 4.69) is 0 Å².